The molecule has 5 heteroatoms. The Morgan fingerprint density at radius 3 is 2.11 bits per heavy atom. The molecule has 0 saturated heterocycles. The molecule has 4 aliphatic rings. The van der Waals surface area contributed by atoms with Gasteiger partial charge in [-0.2, -0.15) is 0 Å². The van der Waals surface area contributed by atoms with Crippen LogP contribution in [-0.2, 0) is 4.79 Å². The second-order valence-corrected chi connectivity index (χ2v) is 6.65. The van der Waals surface area contributed by atoms with Gasteiger partial charge in [-0.25, -0.2) is 0 Å². The minimum atomic E-state index is 0. The first-order chi connectivity index (χ1) is 8.69. The van der Waals surface area contributed by atoms with Gasteiger partial charge in [-0.15, -0.1) is 12.4 Å². The lowest BCUT2D eigenvalue weighted by Gasteiger charge is -2.56. The lowest BCUT2D eigenvalue weighted by atomic mass is 9.53. The van der Waals surface area contributed by atoms with Crippen LogP contribution in [0, 0.1) is 17.8 Å². The number of hydrogen-bond acceptors (Lipinski definition) is 3. The highest BCUT2D eigenvalue weighted by Gasteiger charge is 2.51. The van der Waals surface area contributed by atoms with E-state index >= 15 is 0 Å². The number of halogens is 1. The van der Waals surface area contributed by atoms with E-state index in [0.29, 0.717) is 13.1 Å². The molecule has 3 N–H and O–H groups in total. The van der Waals surface area contributed by atoms with Crippen LogP contribution in [0.1, 0.15) is 38.5 Å². The average molecular weight is 289 g/mol. The normalized spacial score (nSPS) is 38.9. The van der Waals surface area contributed by atoms with E-state index in [2.05, 4.69) is 10.6 Å². The van der Waals surface area contributed by atoms with Gasteiger partial charge >= 0.3 is 0 Å². The summed E-state index contributed by atoms with van der Waals surface area (Å²) in [6, 6.07) is 0. The van der Waals surface area contributed by atoms with Crippen molar-refractivity contribution in [1.82, 2.24) is 10.6 Å². The number of hydrogen-bond donors (Lipinski definition) is 3. The highest BCUT2D eigenvalue weighted by molar-refractivity contribution is 5.85. The van der Waals surface area contributed by atoms with Gasteiger partial charge in [-0.1, -0.05) is 0 Å². The summed E-state index contributed by atoms with van der Waals surface area (Å²) < 4.78 is 0. The van der Waals surface area contributed by atoms with Crippen molar-refractivity contribution in [3.8, 4) is 0 Å². The van der Waals surface area contributed by atoms with Crippen molar-refractivity contribution in [1.29, 1.82) is 0 Å². The predicted molar refractivity (Wildman–Crippen MR) is 76.2 cm³/mol. The van der Waals surface area contributed by atoms with Gasteiger partial charge in [0.15, 0.2) is 0 Å². The molecule has 0 unspecified atom stereocenters. The Morgan fingerprint density at radius 1 is 1.11 bits per heavy atom. The summed E-state index contributed by atoms with van der Waals surface area (Å²) in [4.78, 5) is 11.9. The molecule has 0 atom stereocenters. The van der Waals surface area contributed by atoms with Gasteiger partial charge in [0.2, 0.25) is 5.91 Å². The molecule has 4 saturated carbocycles. The molecule has 4 aliphatic carbocycles. The van der Waals surface area contributed by atoms with E-state index in [0.717, 1.165) is 17.8 Å². The summed E-state index contributed by atoms with van der Waals surface area (Å²) in [6.45, 7) is 0.918. The fraction of sp³-hybridized carbons (Fsp3) is 0.929. The Hall–Kier alpha value is -0.320. The second-order valence-electron chi connectivity index (χ2n) is 6.65. The summed E-state index contributed by atoms with van der Waals surface area (Å²) >= 11 is 0. The third-order valence-electron chi connectivity index (χ3n) is 5.02. The molecule has 0 aromatic carbocycles. The Kier molecular flexibility index (Phi) is 4.75. The maximum absolute atomic E-state index is 11.9. The smallest absolute Gasteiger partial charge is 0.234 e. The van der Waals surface area contributed by atoms with Crippen LogP contribution in [0.2, 0.25) is 0 Å². The van der Waals surface area contributed by atoms with E-state index in [1.807, 2.05) is 0 Å². The van der Waals surface area contributed by atoms with Gasteiger partial charge in [0, 0.05) is 12.1 Å². The topological polar surface area (TPSA) is 61.4 Å². The minimum absolute atomic E-state index is 0. The van der Waals surface area contributed by atoms with Crippen molar-refractivity contribution in [3.05, 3.63) is 0 Å². The van der Waals surface area contributed by atoms with Crippen LogP contribution in [-0.4, -0.2) is 36.2 Å². The highest BCUT2D eigenvalue weighted by Crippen LogP contribution is 2.55. The number of rotatable bonds is 5. The van der Waals surface area contributed by atoms with E-state index < -0.39 is 0 Å². The van der Waals surface area contributed by atoms with Crippen LogP contribution in [0.4, 0.5) is 0 Å². The average Bonchev–Trinajstić information content (AvgIpc) is 2.26. The Morgan fingerprint density at radius 2 is 1.63 bits per heavy atom. The Bertz CT molecular complexity index is 300. The zero-order valence-electron chi connectivity index (χ0n) is 11.4. The summed E-state index contributed by atoms with van der Waals surface area (Å²) in [7, 11) is 0. The van der Waals surface area contributed by atoms with Gasteiger partial charge in [-0.05, 0) is 56.3 Å². The zero-order chi connectivity index (χ0) is 12.6. The predicted octanol–water partition coefficient (Wildman–Crippen LogP) is 1.08. The van der Waals surface area contributed by atoms with Crippen LogP contribution in [0.15, 0.2) is 0 Å². The summed E-state index contributed by atoms with van der Waals surface area (Å²) in [5, 5.41) is 14.9. The van der Waals surface area contributed by atoms with Gasteiger partial charge in [0.05, 0.1) is 13.2 Å². The van der Waals surface area contributed by atoms with Crippen molar-refractivity contribution >= 4 is 18.3 Å². The summed E-state index contributed by atoms with van der Waals surface area (Å²) in [6.07, 6.45) is 7.80. The van der Waals surface area contributed by atoms with Gasteiger partial charge in [-0.3, -0.25) is 4.79 Å². The standard InChI is InChI=1S/C14H24N2O2.ClH/c17-2-1-15-9-13(18)16-14-6-10-3-11(7-14)5-12(4-10)8-14;/h10-12,15,17H,1-9H2,(H,16,18);1H. The fourth-order valence-corrected chi connectivity index (χ4v) is 4.88. The molecule has 0 aliphatic heterocycles. The van der Waals surface area contributed by atoms with Crippen molar-refractivity contribution < 1.29 is 9.90 Å². The molecule has 0 spiro atoms. The SMILES string of the molecule is Cl.O=C(CNCCO)NC12CC3CC(CC(C3)C1)C2. The molecule has 4 nitrogen and oxygen atoms in total. The van der Waals surface area contributed by atoms with E-state index in [1.54, 1.807) is 0 Å². The fourth-order valence-electron chi connectivity index (χ4n) is 4.88. The molecule has 0 radical (unpaired) electrons. The maximum atomic E-state index is 11.9. The van der Waals surface area contributed by atoms with Crippen LogP contribution in [0.5, 0.6) is 0 Å². The lowest BCUT2D eigenvalue weighted by molar-refractivity contribution is -0.126. The molecular formula is C14H25ClN2O2. The number of amides is 1. The minimum Gasteiger partial charge on any atom is -0.395 e. The quantitative estimate of drug-likeness (QED) is 0.664. The molecular weight excluding hydrogens is 264 g/mol. The highest BCUT2D eigenvalue weighted by atomic mass is 35.5. The second kappa shape index (κ2) is 5.98. The van der Waals surface area contributed by atoms with Crippen molar-refractivity contribution in [2.24, 2.45) is 17.8 Å². The first-order valence-electron chi connectivity index (χ1n) is 7.32. The van der Waals surface area contributed by atoms with E-state index in [-0.39, 0.29) is 30.5 Å². The molecule has 0 aromatic rings. The summed E-state index contributed by atoms with van der Waals surface area (Å²) in [5.41, 5.74) is 0.118. The number of aliphatic hydroxyl groups excluding tert-OH is 1. The monoisotopic (exact) mass is 288 g/mol. The molecule has 4 bridgehead atoms. The number of aliphatic hydroxyl groups is 1. The van der Waals surface area contributed by atoms with Gasteiger partial charge in [0.25, 0.3) is 0 Å². The van der Waals surface area contributed by atoms with E-state index in [4.69, 9.17) is 5.11 Å². The van der Waals surface area contributed by atoms with Crippen molar-refractivity contribution in [3.63, 3.8) is 0 Å². The molecule has 4 rings (SSSR count). The number of nitrogens with one attached hydrogen (secondary N) is 2. The largest absolute Gasteiger partial charge is 0.395 e. The molecule has 0 aromatic heterocycles. The van der Waals surface area contributed by atoms with Crippen molar-refractivity contribution in [2.75, 3.05) is 19.7 Å². The van der Waals surface area contributed by atoms with Crippen molar-refractivity contribution in [2.45, 2.75) is 44.1 Å². The van der Waals surface area contributed by atoms with Gasteiger partial charge in [0.1, 0.15) is 0 Å². The zero-order valence-corrected chi connectivity index (χ0v) is 12.2. The Labute approximate surface area is 121 Å². The first kappa shape index (κ1) is 15.1. The third kappa shape index (κ3) is 3.23. The van der Waals surface area contributed by atoms with Crippen LogP contribution in [0.25, 0.3) is 0 Å². The lowest BCUT2D eigenvalue weighted by Crippen LogP contribution is -2.60. The maximum Gasteiger partial charge on any atom is 0.234 e. The van der Waals surface area contributed by atoms with E-state index in [1.165, 1.54) is 38.5 Å². The van der Waals surface area contributed by atoms with Gasteiger partial charge < -0.3 is 15.7 Å². The molecule has 1 amide bonds. The molecule has 0 heterocycles. The molecule has 110 valence electrons. The van der Waals surface area contributed by atoms with Crippen LogP contribution < -0.4 is 10.6 Å². The van der Waals surface area contributed by atoms with E-state index in [9.17, 15) is 4.79 Å². The number of carbonyl (C=O) groups excluding carboxylic acids is 1. The third-order valence-corrected chi connectivity index (χ3v) is 5.02. The first-order valence-corrected chi connectivity index (χ1v) is 7.32. The van der Waals surface area contributed by atoms with Crippen LogP contribution in [0.3, 0.4) is 0 Å². The molecule has 4 fully saturated rings. The molecule has 19 heavy (non-hydrogen) atoms. The summed E-state index contributed by atoms with van der Waals surface area (Å²) in [5.74, 6) is 2.69. The number of carbonyl (C=O) groups is 1. The Balaban J connectivity index is 0.00000133. The van der Waals surface area contributed by atoms with Crippen LogP contribution >= 0.6 is 12.4 Å².